The number of carbonyl (C=O) groups is 1. The van der Waals surface area contributed by atoms with Gasteiger partial charge in [-0.2, -0.15) is 0 Å². The first-order valence-corrected chi connectivity index (χ1v) is 11.8. The van der Waals surface area contributed by atoms with Crippen LogP contribution in [0, 0.1) is 5.82 Å². The van der Waals surface area contributed by atoms with Gasteiger partial charge in [0.25, 0.3) is 22.0 Å². The Morgan fingerprint density at radius 1 is 1.09 bits per heavy atom. The second kappa shape index (κ2) is 8.83. The zero-order valence-corrected chi connectivity index (χ0v) is 18.6. The number of sulfonamides is 1. The molecule has 0 bridgehead atoms. The van der Waals surface area contributed by atoms with Gasteiger partial charge in [-0.25, -0.2) is 31.1 Å². The minimum atomic E-state index is -4.34. The first kappa shape index (κ1) is 23.3. The number of thiophene rings is 1. The van der Waals surface area contributed by atoms with Crippen LogP contribution in [0.5, 0.6) is 0 Å². The second-order valence-corrected chi connectivity index (χ2v) is 9.88. The van der Waals surface area contributed by atoms with Crippen molar-refractivity contribution in [3.8, 4) is 5.69 Å². The zero-order valence-electron chi connectivity index (χ0n) is 17.0. The van der Waals surface area contributed by atoms with Crippen molar-refractivity contribution in [2.24, 2.45) is 0 Å². The largest absolute Gasteiger partial charge is 0.396 e. The highest BCUT2D eigenvalue weighted by Crippen LogP contribution is 2.27. The van der Waals surface area contributed by atoms with Crippen molar-refractivity contribution in [3.05, 3.63) is 81.8 Å². The van der Waals surface area contributed by atoms with Crippen LogP contribution in [-0.4, -0.2) is 19.0 Å². The molecule has 0 radical (unpaired) electrons. The van der Waals surface area contributed by atoms with Crippen molar-refractivity contribution in [1.29, 1.82) is 0 Å². The van der Waals surface area contributed by atoms with Gasteiger partial charge in [-0.3, -0.25) is 9.36 Å². The van der Waals surface area contributed by atoms with E-state index < -0.39 is 43.6 Å². The molecule has 4 rings (SSSR count). The molecule has 0 spiro atoms. The number of nitrogens with two attached hydrogens (primary N) is 1. The number of hydrogen-bond acceptors (Lipinski definition) is 6. The molecule has 0 aliphatic heterocycles. The van der Waals surface area contributed by atoms with Crippen molar-refractivity contribution in [3.63, 3.8) is 0 Å². The third-order valence-electron chi connectivity index (χ3n) is 4.76. The monoisotopic (exact) mass is 508 g/mol. The van der Waals surface area contributed by atoms with Gasteiger partial charge in [0.05, 0.1) is 11.1 Å². The summed E-state index contributed by atoms with van der Waals surface area (Å²) in [5, 5.41) is 3.91. The molecule has 0 aliphatic rings. The number of benzene rings is 2. The van der Waals surface area contributed by atoms with E-state index in [0.717, 1.165) is 17.5 Å². The third kappa shape index (κ3) is 4.61. The van der Waals surface area contributed by atoms with Gasteiger partial charge in [0.2, 0.25) is 0 Å². The molecule has 2 aromatic heterocycles. The van der Waals surface area contributed by atoms with Gasteiger partial charge in [-0.1, -0.05) is 0 Å². The molecule has 2 aromatic carbocycles. The summed E-state index contributed by atoms with van der Waals surface area (Å²) in [7, 11) is -4.34. The summed E-state index contributed by atoms with van der Waals surface area (Å²) < 4.78 is 66.2. The maximum Gasteiger partial charge on any atom is 0.333 e. The Labute approximate surface area is 194 Å². The fourth-order valence-electron chi connectivity index (χ4n) is 3.11. The zero-order chi connectivity index (χ0) is 24.6. The number of anilines is 2. The first-order valence-electron chi connectivity index (χ1n) is 9.46. The van der Waals surface area contributed by atoms with Crippen LogP contribution in [0.1, 0.15) is 12.0 Å². The summed E-state index contributed by atoms with van der Waals surface area (Å²) in [6.07, 6.45) is -1.35. The van der Waals surface area contributed by atoms with E-state index in [9.17, 15) is 31.2 Å². The Kier molecular flexibility index (Phi) is 6.06. The van der Waals surface area contributed by atoms with E-state index >= 15 is 0 Å². The average Bonchev–Trinajstić information content (AvgIpc) is 3.28. The molecule has 8 nitrogen and oxygen atoms in total. The lowest BCUT2D eigenvalue weighted by atomic mass is 10.1. The van der Waals surface area contributed by atoms with E-state index in [-0.39, 0.29) is 16.8 Å². The van der Waals surface area contributed by atoms with Gasteiger partial charge in [-0.05, 0) is 53.9 Å². The number of halogens is 3. The van der Waals surface area contributed by atoms with Crippen LogP contribution in [0.3, 0.4) is 0 Å². The summed E-state index contributed by atoms with van der Waals surface area (Å²) in [6.45, 7) is 0. The number of fused-ring (bicyclic) bond motifs is 1. The fraction of sp³-hybridized carbons (Fsp3) is 0.0476. The number of rotatable bonds is 5. The van der Waals surface area contributed by atoms with Crippen LogP contribution in [0.4, 0.5) is 29.3 Å². The number of carbonyl (C=O) groups excluding carboxylic acids is 1. The fourth-order valence-corrected chi connectivity index (χ4v) is 5.20. The summed E-state index contributed by atoms with van der Waals surface area (Å²) in [6, 6.07) is 9.52. The smallest absolute Gasteiger partial charge is 0.333 e. The molecule has 2 amide bonds. The molecule has 0 fully saturated rings. The molecular weight excluding hydrogens is 493 g/mol. The first-order chi connectivity index (χ1) is 16.0. The van der Waals surface area contributed by atoms with Gasteiger partial charge >= 0.3 is 6.03 Å². The van der Waals surface area contributed by atoms with Crippen molar-refractivity contribution in [2.45, 2.75) is 10.6 Å². The minimum Gasteiger partial charge on any atom is -0.396 e. The number of nitrogens with one attached hydrogen (secondary N) is 2. The lowest BCUT2D eigenvalue weighted by Gasteiger charge is -2.10. The highest BCUT2D eigenvalue weighted by molar-refractivity contribution is 7.92. The lowest BCUT2D eigenvalue weighted by Crippen LogP contribution is -2.33. The van der Waals surface area contributed by atoms with Crippen LogP contribution in [0.25, 0.3) is 16.5 Å². The molecule has 0 saturated carbocycles. The molecule has 34 heavy (non-hydrogen) atoms. The van der Waals surface area contributed by atoms with Gasteiger partial charge in [-0.15, -0.1) is 11.3 Å². The van der Waals surface area contributed by atoms with Gasteiger partial charge in [0.15, 0.2) is 0 Å². The standard InChI is InChI=1S/C21H15F3N4O4S2/c22-16-9-15-11(7-17(16)25)5-6-28(20(15)29)14-3-1-13(2-4-14)26-21(30)27-34(31,32)18-8-12(10-33-18)19(23)24/h1-10,19H,25H2,(H2,26,27,30). The Morgan fingerprint density at radius 2 is 1.79 bits per heavy atom. The molecule has 0 aliphatic carbocycles. The number of pyridine rings is 1. The van der Waals surface area contributed by atoms with Gasteiger partial charge in [0.1, 0.15) is 10.0 Å². The maximum absolute atomic E-state index is 13.8. The number of hydrogen-bond donors (Lipinski definition) is 3. The number of amides is 2. The quantitative estimate of drug-likeness (QED) is 0.348. The van der Waals surface area contributed by atoms with Crippen LogP contribution in [-0.2, 0) is 10.0 Å². The molecule has 2 heterocycles. The van der Waals surface area contributed by atoms with E-state index in [1.165, 1.54) is 41.1 Å². The number of alkyl halides is 2. The minimum absolute atomic E-state index is 0.0751. The number of urea groups is 1. The molecular formula is C21H15F3N4O4S2. The van der Waals surface area contributed by atoms with Gasteiger partial charge in [0, 0.05) is 28.5 Å². The van der Waals surface area contributed by atoms with Crippen LogP contribution >= 0.6 is 11.3 Å². The summed E-state index contributed by atoms with van der Waals surface area (Å²) in [5.41, 5.74) is 5.11. The normalized spacial score (nSPS) is 11.6. The van der Waals surface area contributed by atoms with E-state index in [1.54, 1.807) is 10.8 Å². The second-order valence-electron chi connectivity index (χ2n) is 7.06. The predicted octanol–water partition coefficient (Wildman–Crippen LogP) is 4.22. The highest BCUT2D eigenvalue weighted by Gasteiger charge is 2.22. The number of nitrogens with zero attached hydrogens (tertiary/aromatic N) is 1. The topological polar surface area (TPSA) is 123 Å². The van der Waals surface area contributed by atoms with Gasteiger partial charge < -0.3 is 11.1 Å². The highest BCUT2D eigenvalue weighted by atomic mass is 32.2. The van der Waals surface area contributed by atoms with Crippen molar-refractivity contribution in [2.75, 3.05) is 11.1 Å². The van der Waals surface area contributed by atoms with Crippen LogP contribution in [0.2, 0.25) is 0 Å². The number of aromatic nitrogens is 1. The lowest BCUT2D eigenvalue weighted by molar-refractivity contribution is 0.152. The average molecular weight is 509 g/mol. The Morgan fingerprint density at radius 3 is 2.44 bits per heavy atom. The Bertz CT molecular complexity index is 1570. The van der Waals surface area contributed by atoms with Crippen LogP contribution < -0.4 is 21.3 Å². The molecule has 0 saturated heterocycles. The van der Waals surface area contributed by atoms with E-state index in [2.05, 4.69) is 5.32 Å². The summed E-state index contributed by atoms with van der Waals surface area (Å²) >= 11 is 0.563. The molecule has 4 N–H and O–H groups in total. The molecule has 0 unspecified atom stereocenters. The Balaban J connectivity index is 1.51. The Hall–Kier alpha value is -3.84. The van der Waals surface area contributed by atoms with Crippen molar-refractivity contribution >= 4 is 49.5 Å². The van der Waals surface area contributed by atoms with E-state index in [0.29, 0.717) is 22.4 Å². The van der Waals surface area contributed by atoms with E-state index in [1.807, 2.05) is 0 Å². The summed E-state index contributed by atoms with van der Waals surface area (Å²) in [5.74, 6) is -0.712. The number of nitrogen functional groups attached to an aromatic ring is 1. The van der Waals surface area contributed by atoms with Crippen LogP contribution in [0.15, 0.2) is 69.1 Å². The van der Waals surface area contributed by atoms with Crippen molar-refractivity contribution < 1.29 is 26.4 Å². The molecule has 176 valence electrons. The molecule has 13 heteroatoms. The molecule has 0 atom stereocenters. The molecule has 4 aromatic rings. The van der Waals surface area contributed by atoms with Crippen molar-refractivity contribution in [1.82, 2.24) is 9.29 Å². The van der Waals surface area contributed by atoms with E-state index in [4.69, 9.17) is 5.73 Å². The SMILES string of the molecule is Nc1cc2ccn(-c3ccc(NC(=O)NS(=O)(=O)c4cc(C(F)F)cs4)cc3)c(=O)c2cc1F. The summed E-state index contributed by atoms with van der Waals surface area (Å²) in [4.78, 5) is 24.9. The third-order valence-corrected chi connectivity index (χ3v) is 7.55. The maximum atomic E-state index is 13.8. The predicted molar refractivity (Wildman–Crippen MR) is 123 cm³/mol.